The maximum atomic E-state index is 12.6. The molecule has 1 N–H and O–H groups in total. The second-order valence-corrected chi connectivity index (χ2v) is 6.06. The number of rotatable bonds is 2. The van der Waals surface area contributed by atoms with Crippen molar-refractivity contribution in [1.82, 2.24) is 4.90 Å². The van der Waals surface area contributed by atoms with E-state index >= 15 is 0 Å². The maximum absolute atomic E-state index is 12.6. The lowest BCUT2D eigenvalue weighted by molar-refractivity contribution is -0.142. The molecule has 2 heterocycles. The molecule has 0 saturated carbocycles. The van der Waals surface area contributed by atoms with Gasteiger partial charge in [-0.05, 0) is 49.9 Å². The number of benzene rings is 1. The Kier molecular flexibility index (Phi) is 3.21. The van der Waals surface area contributed by atoms with Crippen LogP contribution in [0.1, 0.15) is 35.2 Å². The second-order valence-electron chi connectivity index (χ2n) is 5.66. The first kappa shape index (κ1) is 13.4. The summed E-state index contributed by atoms with van der Waals surface area (Å²) in [7, 11) is 0. The highest BCUT2D eigenvalue weighted by Crippen LogP contribution is 2.42. The van der Waals surface area contributed by atoms with E-state index in [1.54, 1.807) is 23.1 Å². The van der Waals surface area contributed by atoms with Gasteiger partial charge in [0.25, 0.3) is 5.91 Å². The van der Waals surface area contributed by atoms with Crippen LogP contribution in [0, 0.1) is 12.8 Å². The first-order chi connectivity index (χ1) is 9.49. The van der Waals surface area contributed by atoms with Crippen LogP contribution in [-0.2, 0) is 4.79 Å². The predicted octanol–water partition coefficient (Wildman–Crippen LogP) is 2.73. The van der Waals surface area contributed by atoms with Crippen molar-refractivity contribution in [3.8, 4) is 0 Å². The van der Waals surface area contributed by atoms with Crippen molar-refractivity contribution in [2.24, 2.45) is 5.92 Å². The van der Waals surface area contributed by atoms with Gasteiger partial charge in [0, 0.05) is 22.7 Å². The van der Waals surface area contributed by atoms with Gasteiger partial charge < -0.3 is 10.0 Å². The summed E-state index contributed by atoms with van der Waals surface area (Å²) in [6, 6.07) is 5.13. The van der Waals surface area contributed by atoms with Crippen LogP contribution in [0.25, 0.3) is 0 Å². The highest BCUT2D eigenvalue weighted by Gasteiger charge is 2.51. The molecule has 3 atom stereocenters. The van der Waals surface area contributed by atoms with E-state index in [2.05, 4.69) is 0 Å². The number of aliphatic carboxylic acids is 1. The molecule has 3 rings (SSSR count). The first-order valence-corrected chi connectivity index (χ1v) is 7.18. The molecular formula is C15H16ClNO3. The zero-order chi connectivity index (χ0) is 14.4. The Hall–Kier alpha value is -1.55. The number of amides is 1. The molecule has 0 radical (unpaired) electrons. The normalized spacial score (nSPS) is 27.9. The molecule has 0 aliphatic carbocycles. The van der Waals surface area contributed by atoms with Crippen LogP contribution >= 0.6 is 11.6 Å². The highest BCUT2D eigenvalue weighted by atomic mass is 35.5. The molecule has 2 aliphatic rings. The van der Waals surface area contributed by atoms with Crippen LogP contribution in [0.15, 0.2) is 18.2 Å². The molecule has 106 valence electrons. The number of carbonyl (C=O) groups excluding carboxylic acids is 1. The molecule has 0 aromatic heterocycles. The largest absolute Gasteiger partial charge is 0.481 e. The van der Waals surface area contributed by atoms with Gasteiger partial charge in [-0.1, -0.05) is 11.6 Å². The summed E-state index contributed by atoms with van der Waals surface area (Å²) >= 11 is 5.98. The molecule has 1 amide bonds. The monoisotopic (exact) mass is 293 g/mol. The molecule has 1 aromatic rings. The Morgan fingerprint density at radius 3 is 2.70 bits per heavy atom. The molecule has 2 aliphatic heterocycles. The summed E-state index contributed by atoms with van der Waals surface area (Å²) < 4.78 is 0. The Balaban J connectivity index is 1.88. The van der Waals surface area contributed by atoms with Crippen molar-refractivity contribution in [1.29, 1.82) is 0 Å². The van der Waals surface area contributed by atoms with Crippen molar-refractivity contribution in [2.45, 2.75) is 38.3 Å². The van der Waals surface area contributed by atoms with Gasteiger partial charge in [0.1, 0.15) is 0 Å². The van der Waals surface area contributed by atoms with Crippen molar-refractivity contribution in [2.75, 3.05) is 0 Å². The van der Waals surface area contributed by atoms with Gasteiger partial charge >= 0.3 is 5.97 Å². The molecule has 2 fully saturated rings. The van der Waals surface area contributed by atoms with Crippen LogP contribution in [0.3, 0.4) is 0 Å². The number of carboxylic acid groups (broad SMARTS) is 1. The molecule has 3 unspecified atom stereocenters. The lowest BCUT2D eigenvalue weighted by Gasteiger charge is -2.23. The van der Waals surface area contributed by atoms with E-state index in [1.165, 1.54) is 0 Å². The third kappa shape index (κ3) is 1.99. The van der Waals surface area contributed by atoms with Crippen LogP contribution in [0.2, 0.25) is 5.02 Å². The number of hydrogen-bond donors (Lipinski definition) is 1. The fourth-order valence-corrected chi connectivity index (χ4v) is 3.61. The summed E-state index contributed by atoms with van der Waals surface area (Å²) in [6.07, 6.45) is 2.28. The fourth-order valence-electron chi connectivity index (χ4n) is 3.50. The molecule has 2 saturated heterocycles. The van der Waals surface area contributed by atoms with Gasteiger partial charge in [-0.15, -0.1) is 0 Å². The van der Waals surface area contributed by atoms with Crippen LogP contribution < -0.4 is 0 Å². The first-order valence-electron chi connectivity index (χ1n) is 6.80. The van der Waals surface area contributed by atoms with E-state index in [4.69, 9.17) is 11.6 Å². The smallest absolute Gasteiger partial charge is 0.308 e. The topological polar surface area (TPSA) is 57.6 Å². The molecule has 0 spiro atoms. The predicted molar refractivity (Wildman–Crippen MR) is 74.9 cm³/mol. The minimum Gasteiger partial charge on any atom is -0.481 e. The van der Waals surface area contributed by atoms with E-state index in [9.17, 15) is 14.7 Å². The third-order valence-corrected chi connectivity index (χ3v) is 4.92. The van der Waals surface area contributed by atoms with Crippen LogP contribution in [0.4, 0.5) is 0 Å². The zero-order valence-electron chi connectivity index (χ0n) is 11.2. The minimum absolute atomic E-state index is 0.0685. The number of carboxylic acids is 1. The summed E-state index contributed by atoms with van der Waals surface area (Å²) in [5.74, 6) is -1.27. The number of aryl methyl sites for hydroxylation is 1. The second kappa shape index (κ2) is 4.77. The van der Waals surface area contributed by atoms with Gasteiger partial charge in [0.2, 0.25) is 0 Å². The summed E-state index contributed by atoms with van der Waals surface area (Å²) in [6.45, 7) is 1.86. The quantitative estimate of drug-likeness (QED) is 0.912. The average molecular weight is 294 g/mol. The third-order valence-electron chi connectivity index (χ3n) is 4.49. The number of carbonyl (C=O) groups is 2. The van der Waals surface area contributed by atoms with E-state index < -0.39 is 11.9 Å². The van der Waals surface area contributed by atoms with Crippen molar-refractivity contribution in [3.05, 3.63) is 34.3 Å². The lowest BCUT2D eigenvalue weighted by Crippen LogP contribution is -2.37. The van der Waals surface area contributed by atoms with Gasteiger partial charge in [0.15, 0.2) is 0 Å². The van der Waals surface area contributed by atoms with Crippen LogP contribution in [0.5, 0.6) is 0 Å². The standard InChI is InChI=1S/C15H16ClNO3/c1-8-6-9(2-4-12(8)16)14(18)17-10-3-5-13(17)11(7-10)15(19)20/h2,4,6,10-11,13H,3,5,7H2,1H3,(H,19,20). The van der Waals surface area contributed by atoms with Gasteiger partial charge in [-0.2, -0.15) is 0 Å². The minimum atomic E-state index is -0.790. The Morgan fingerprint density at radius 1 is 1.35 bits per heavy atom. The lowest BCUT2D eigenvalue weighted by atomic mass is 9.89. The van der Waals surface area contributed by atoms with Gasteiger partial charge in [-0.25, -0.2) is 0 Å². The number of hydrogen-bond acceptors (Lipinski definition) is 2. The van der Waals surface area contributed by atoms with E-state index in [-0.39, 0.29) is 18.0 Å². The SMILES string of the molecule is Cc1cc(C(=O)N2C3CCC2C(C(=O)O)C3)ccc1Cl. The maximum Gasteiger partial charge on any atom is 0.308 e. The van der Waals surface area contributed by atoms with E-state index in [0.717, 1.165) is 18.4 Å². The van der Waals surface area contributed by atoms with Crippen molar-refractivity contribution in [3.63, 3.8) is 0 Å². The summed E-state index contributed by atoms with van der Waals surface area (Å²) in [4.78, 5) is 25.6. The van der Waals surface area contributed by atoms with Crippen molar-refractivity contribution >= 4 is 23.5 Å². The Bertz CT molecular complexity index is 586. The van der Waals surface area contributed by atoms with E-state index in [1.807, 2.05) is 6.92 Å². The number of nitrogens with zero attached hydrogens (tertiary/aromatic N) is 1. The van der Waals surface area contributed by atoms with Crippen LogP contribution in [-0.4, -0.2) is 34.0 Å². The number of fused-ring (bicyclic) bond motifs is 2. The molecule has 2 bridgehead atoms. The molecule has 1 aromatic carbocycles. The molecule has 5 heteroatoms. The Morgan fingerprint density at radius 2 is 2.10 bits per heavy atom. The average Bonchev–Trinajstić information content (AvgIpc) is 2.98. The summed E-state index contributed by atoms with van der Waals surface area (Å²) in [5, 5.41) is 9.86. The molecule has 4 nitrogen and oxygen atoms in total. The van der Waals surface area contributed by atoms with Gasteiger partial charge in [-0.3, -0.25) is 9.59 Å². The summed E-state index contributed by atoms with van der Waals surface area (Å²) in [5.41, 5.74) is 1.45. The van der Waals surface area contributed by atoms with Gasteiger partial charge in [0.05, 0.1) is 5.92 Å². The van der Waals surface area contributed by atoms with E-state index in [0.29, 0.717) is 17.0 Å². The molecular weight excluding hydrogens is 278 g/mol. The molecule has 20 heavy (non-hydrogen) atoms. The highest BCUT2D eigenvalue weighted by molar-refractivity contribution is 6.31. The Labute approximate surface area is 122 Å². The zero-order valence-corrected chi connectivity index (χ0v) is 11.9. The van der Waals surface area contributed by atoms with Crippen molar-refractivity contribution < 1.29 is 14.7 Å². The fraction of sp³-hybridized carbons (Fsp3) is 0.467. The number of halogens is 1.